The lowest BCUT2D eigenvalue weighted by Crippen LogP contribution is -2.26. The van der Waals surface area contributed by atoms with Crippen LogP contribution in [0.4, 0.5) is 0 Å². The van der Waals surface area contributed by atoms with E-state index in [1.807, 2.05) is 12.1 Å². The van der Waals surface area contributed by atoms with E-state index in [1.54, 1.807) is 43.3 Å². The number of aromatic nitrogens is 2. The fraction of sp³-hybridized carbons (Fsp3) is 0.105. The minimum atomic E-state index is -0.297. The molecule has 0 atom stereocenters. The van der Waals surface area contributed by atoms with Gasteiger partial charge in [-0.15, -0.1) is 0 Å². The van der Waals surface area contributed by atoms with Gasteiger partial charge in [0.05, 0.1) is 10.6 Å². The fourth-order valence-corrected chi connectivity index (χ4v) is 3.60. The average molecular weight is 405 g/mol. The summed E-state index contributed by atoms with van der Waals surface area (Å²) in [6.45, 7) is 3.17. The standard InChI is InChI=1S/C19H14Cl2N2O2S/c1-11-17(12(2)24)22-23(15-7-3-13(20)4-8-15)19(25)18(11)26-16-9-5-14(21)6-10-16/h3-10H,1-2H3. The van der Waals surface area contributed by atoms with Crippen LogP contribution in [0.5, 0.6) is 0 Å². The monoisotopic (exact) mass is 404 g/mol. The van der Waals surface area contributed by atoms with Gasteiger partial charge in [-0.1, -0.05) is 35.0 Å². The molecule has 0 bridgehead atoms. The second-order valence-electron chi connectivity index (χ2n) is 5.61. The third kappa shape index (κ3) is 3.85. The van der Waals surface area contributed by atoms with E-state index in [0.29, 0.717) is 26.2 Å². The predicted octanol–water partition coefficient (Wildman–Crippen LogP) is 5.20. The minimum Gasteiger partial charge on any atom is -0.293 e. The Morgan fingerprint density at radius 2 is 1.54 bits per heavy atom. The molecule has 0 unspecified atom stereocenters. The number of benzene rings is 2. The summed E-state index contributed by atoms with van der Waals surface area (Å²) in [5.74, 6) is -0.205. The quantitative estimate of drug-likeness (QED) is 0.560. The molecule has 0 N–H and O–H groups in total. The van der Waals surface area contributed by atoms with Gasteiger partial charge in [0.1, 0.15) is 5.69 Å². The van der Waals surface area contributed by atoms with Crippen LogP contribution in [0.15, 0.2) is 63.1 Å². The van der Waals surface area contributed by atoms with Gasteiger partial charge in [0.2, 0.25) is 0 Å². The average Bonchev–Trinajstić information content (AvgIpc) is 2.61. The zero-order valence-electron chi connectivity index (χ0n) is 14.0. The van der Waals surface area contributed by atoms with E-state index in [-0.39, 0.29) is 17.0 Å². The van der Waals surface area contributed by atoms with Crippen molar-refractivity contribution >= 4 is 40.7 Å². The van der Waals surface area contributed by atoms with Crippen molar-refractivity contribution in [2.75, 3.05) is 0 Å². The molecule has 7 heteroatoms. The molecule has 0 spiro atoms. The van der Waals surface area contributed by atoms with Gasteiger partial charge in [0, 0.05) is 21.9 Å². The highest BCUT2D eigenvalue weighted by molar-refractivity contribution is 7.99. The predicted molar refractivity (Wildman–Crippen MR) is 105 cm³/mol. The van der Waals surface area contributed by atoms with Gasteiger partial charge >= 0.3 is 0 Å². The maximum Gasteiger partial charge on any atom is 0.285 e. The Kier molecular flexibility index (Phi) is 5.51. The van der Waals surface area contributed by atoms with Crippen LogP contribution in [-0.2, 0) is 0 Å². The zero-order chi connectivity index (χ0) is 18.8. The van der Waals surface area contributed by atoms with E-state index < -0.39 is 0 Å². The van der Waals surface area contributed by atoms with Crippen molar-refractivity contribution in [3.63, 3.8) is 0 Å². The Hall–Kier alpha value is -2.08. The summed E-state index contributed by atoms with van der Waals surface area (Å²) in [5.41, 5.74) is 1.07. The molecule has 0 aliphatic carbocycles. The molecule has 4 nitrogen and oxygen atoms in total. The van der Waals surface area contributed by atoms with Gasteiger partial charge in [-0.2, -0.15) is 9.78 Å². The molecule has 1 aromatic heterocycles. The second-order valence-corrected chi connectivity index (χ2v) is 7.56. The Bertz CT molecular complexity index is 1030. The minimum absolute atomic E-state index is 0.205. The van der Waals surface area contributed by atoms with Crippen LogP contribution in [0.1, 0.15) is 23.0 Å². The largest absolute Gasteiger partial charge is 0.293 e. The Labute approximate surface area is 164 Å². The van der Waals surface area contributed by atoms with Crippen molar-refractivity contribution in [3.05, 3.63) is 80.2 Å². The van der Waals surface area contributed by atoms with Crippen molar-refractivity contribution in [2.24, 2.45) is 0 Å². The maximum atomic E-state index is 13.0. The molecule has 0 saturated heterocycles. The molecule has 0 aliphatic heterocycles. The first kappa shape index (κ1) is 18.7. The van der Waals surface area contributed by atoms with E-state index >= 15 is 0 Å². The third-order valence-corrected chi connectivity index (χ3v) is 5.42. The topological polar surface area (TPSA) is 52.0 Å². The molecule has 132 valence electrons. The lowest BCUT2D eigenvalue weighted by Gasteiger charge is -2.13. The number of ketones is 1. The highest BCUT2D eigenvalue weighted by Crippen LogP contribution is 2.30. The Balaban J connectivity index is 2.19. The molecule has 2 aromatic carbocycles. The molecule has 3 rings (SSSR count). The smallest absolute Gasteiger partial charge is 0.285 e. The molecule has 0 radical (unpaired) electrons. The van der Waals surface area contributed by atoms with Crippen molar-refractivity contribution in [1.82, 2.24) is 9.78 Å². The highest BCUT2D eigenvalue weighted by Gasteiger charge is 2.19. The first-order valence-electron chi connectivity index (χ1n) is 7.71. The first-order chi connectivity index (χ1) is 12.4. The molecule has 0 amide bonds. The molecular formula is C19H14Cl2N2O2S. The number of hydrogen-bond acceptors (Lipinski definition) is 4. The van der Waals surface area contributed by atoms with Gasteiger partial charge in [-0.25, -0.2) is 0 Å². The number of carbonyl (C=O) groups excluding carboxylic acids is 1. The fourth-order valence-electron chi connectivity index (χ4n) is 2.42. The molecule has 0 fully saturated rings. The maximum absolute atomic E-state index is 13.0. The number of hydrogen-bond donors (Lipinski definition) is 0. The zero-order valence-corrected chi connectivity index (χ0v) is 16.3. The number of Topliss-reactive ketones (excluding diaryl/α,β-unsaturated/α-hetero) is 1. The number of rotatable bonds is 4. The molecule has 26 heavy (non-hydrogen) atoms. The summed E-state index contributed by atoms with van der Waals surface area (Å²) in [4.78, 5) is 26.4. The van der Waals surface area contributed by atoms with Gasteiger partial charge in [0.25, 0.3) is 5.56 Å². The lowest BCUT2D eigenvalue weighted by molar-refractivity contribution is 0.101. The molecule has 0 saturated carbocycles. The summed E-state index contributed by atoms with van der Waals surface area (Å²) >= 11 is 13.1. The SMILES string of the molecule is CC(=O)c1nn(-c2ccc(Cl)cc2)c(=O)c(Sc2ccc(Cl)cc2)c1C. The van der Waals surface area contributed by atoms with Gasteiger partial charge in [-0.3, -0.25) is 9.59 Å². The number of halogens is 2. The Morgan fingerprint density at radius 3 is 2.08 bits per heavy atom. The third-order valence-electron chi connectivity index (χ3n) is 3.72. The number of nitrogens with zero attached hydrogens (tertiary/aromatic N) is 2. The van der Waals surface area contributed by atoms with Crippen LogP contribution in [0.3, 0.4) is 0 Å². The summed E-state index contributed by atoms with van der Waals surface area (Å²) in [6.07, 6.45) is 0. The van der Waals surface area contributed by atoms with Crippen LogP contribution < -0.4 is 5.56 Å². The van der Waals surface area contributed by atoms with Crippen molar-refractivity contribution in [1.29, 1.82) is 0 Å². The van der Waals surface area contributed by atoms with Crippen molar-refractivity contribution in [2.45, 2.75) is 23.6 Å². The summed E-state index contributed by atoms with van der Waals surface area (Å²) < 4.78 is 1.23. The summed E-state index contributed by atoms with van der Waals surface area (Å²) in [7, 11) is 0. The molecular weight excluding hydrogens is 391 g/mol. The molecule has 3 aromatic rings. The van der Waals surface area contributed by atoms with E-state index in [1.165, 1.54) is 23.4 Å². The van der Waals surface area contributed by atoms with Crippen LogP contribution in [0.25, 0.3) is 5.69 Å². The molecule has 1 heterocycles. The normalized spacial score (nSPS) is 10.8. The van der Waals surface area contributed by atoms with Crippen LogP contribution in [0, 0.1) is 6.92 Å². The molecule has 0 aliphatic rings. The van der Waals surface area contributed by atoms with Crippen LogP contribution in [-0.4, -0.2) is 15.6 Å². The highest BCUT2D eigenvalue weighted by atomic mass is 35.5. The van der Waals surface area contributed by atoms with Crippen molar-refractivity contribution < 1.29 is 4.79 Å². The van der Waals surface area contributed by atoms with E-state index in [0.717, 1.165) is 4.90 Å². The number of carbonyl (C=O) groups is 1. The van der Waals surface area contributed by atoms with E-state index in [2.05, 4.69) is 5.10 Å². The second kappa shape index (κ2) is 7.66. The Morgan fingerprint density at radius 1 is 1.00 bits per heavy atom. The van der Waals surface area contributed by atoms with Crippen molar-refractivity contribution in [3.8, 4) is 5.69 Å². The van der Waals surface area contributed by atoms with Gasteiger partial charge in [0.15, 0.2) is 5.78 Å². The van der Waals surface area contributed by atoms with Gasteiger partial charge in [-0.05, 0) is 61.0 Å². The summed E-state index contributed by atoms with van der Waals surface area (Å²) in [6, 6.07) is 13.9. The lowest BCUT2D eigenvalue weighted by atomic mass is 10.2. The van der Waals surface area contributed by atoms with E-state index in [9.17, 15) is 9.59 Å². The summed E-state index contributed by atoms with van der Waals surface area (Å²) in [5, 5.41) is 5.43. The van der Waals surface area contributed by atoms with Crippen LogP contribution >= 0.6 is 35.0 Å². The first-order valence-corrected chi connectivity index (χ1v) is 9.28. The van der Waals surface area contributed by atoms with Gasteiger partial charge < -0.3 is 0 Å². The van der Waals surface area contributed by atoms with Crippen LogP contribution in [0.2, 0.25) is 10.0 Å². The van der Waals surface area contributed by atoms with E-state index in [4.69, 9.17) is 23.2 Å².